The van der Waals surface area contributed by atoms with Gasteiger partial charge in [-0.15, -0.1) is 11.3 Å². The number of amides is 1. The van der Waals surface area contributed by atoms with Gasteiger partial charge in [0.1, 0.15) is 5.69 Å². The Kier molecular flexibility index (Phi) is 8.63. The van der Waals surface area contributed by atoms with Crippen LogP contribution in [0.1, 0.15) is 33.4 Å². The maximum atomic E-state index is 11.9. The van der Waals surface area contributed by atoms with Crippen molar-refractivity contribution in [1.29, 1.82) is 0 Å². The number of nitrogens with zero attached hydrogens (tertiary/aromatic N) is 2. The van der Waals surface area contributed by atoms with Gasteiger partial charge in [-0.1, -0.05) is 25.6 Å². The zero-order chi connectivity index (χ0) is 16.4. The summed E-state index contributed by atoms with van der Waals surface area (Å²) in [5.41, 5.74) is 6.18. The number of oxime groups is 1. The van der Waals surface area contributed by atoms with Crippen LogP contribution in [0.2, 0.25) is 0 Å². The fourth-order valence-corrected chi connectivity index (χ4v) is 1.59. The van der Waals surface area contributed by atoms with E-state index in [-0.39, 0.29) is 23.8 Å². The molecule has 7 nitrogen and oxygen atoms in total. The van der Waals surface area contributed by atoms with Gasteiger partial charge in [0, 0.05) is 11.1 Å². The van der Waals surface area contributed by atoms with Crippen LogP contribution in [-0.4, -0.2) is 29.0 Å². The van der Waals surface area contributed by atoms with Crippen LogP contribution in [0.5, 0.6) is 0 Å². The lowest BCUT2D eigenvalue weighted by atomic mass is 10.3. The molecular formula is C13H20N4O3S. The Morgan fingerprint density at radius 3 is 2.52 bits per heavy atom. The van der Waals surface area contributed by atoms with E-state index in [0.29, 0.717) is 10.8 Å². The van der Waals surface area contributed by atoms with E-state index in [1.165, 1.54) is 18.3 Å². The van der Waals surface area contributed by atoms with Crippen molar-refractivity contribution < 1.29 is 14.4 Å². The third-order valence-electron chi connectivity index (χ3n) is 1.73. The predicted octanol–water partition coefficient (Wildman–Crippen LogP) is 1.71. The minimum absolute atomic E-state index is 0.0581. The zero-order valence-corrected chi connectivity index (χ0v) is 13.4. The minimum atomic E-state index is -0.527. The van der Waals surface area contributed by atoms with Crippen LogP contribution in [0.4, 0.5) is 5.13 Å². The van der Waals surface area contributed by atoms with Crippen LogP contribution in [0.3, 0.4) is 0 Å². The Hall–Kier alpha value is -2.22. The number of anilines is 1. The zero-order valence-electron chi connectivity index (χ0n) is 12.6. The quantitative estimate of drug-likeness (QED) is 0.614. The molecule has 0 spiro atoms. The molecule has 0 bridgehead atoms. The molecule has 0 saturated carbocycles. The summed E-state index contributed by atoms with van der Waals surface area (Å²) in [6, 6.07) is 0. The van der Waals surface area contributed by atoms with E-state index in [2.05, 4.69) is 22.0 Å². The number of ketones is 1. The number of allylic oxidation sites excluding steroid dienone is 1. The summed E-state index contributed by atoms with van der Waals surface area (Å²) in [4.78, 5) is 31.4. The van der Waals surface area contributed by atoms with Crippen molar-refractivity contribution in [3.8, 4) is 0 Å². The molecule has 3 N–H and O–H groups in total. The van der Waals surface area contributed by atoms with Gasteiger partial charge in [0.05, 0.1) is 0 Å². The summed E-state index contributed by atoms with van der Waals surface area (Å²) < 4.78 is 0. The summed E-state index contributed by atoms with van der Waals surface area (Å²) in [7, 11) is 0. The lowest BCUT2D eigenvalue weighted by molar-refractivity contribution is -0.121. The van der Waals surface area contributed by atoms with Crippen LogP contribution in [0.25, 0.3) is 0 Å². The van der Waals surface area contributed by atoms with Gasteiger partial charge in [-0.2, -0.15) is 0 Å². The molecule has 1 heterocycles. The summed E-state index contributed by atoms with van der Waals surface area (Å²) in [6.45, 7) is 10.3. The van der Waals surface area contributed by atoms with Gasteiger partial charge in [-0.25, -0.2) is 4.98 Å². The molecule has 0 aromatic carbocycles. The SMILES string of the molecule is C=C(C)NC(=O)/C(=N\OCC(C)=O)c1csc(N)n1.CC. The molecule has 1 amide bonds. The molecular weight excluding hydrogens is 292 g/mol. The van der Waals surface area contributed by atoms with Crippen molar-refractivity contribution in [3.05, 3.63) is 23.3 Å². The number of rotatable bonds is 6. The monoisotopic (exact) mass is 312 g/mol. The highest BCUT2D eigenvalue weighted by atomic mass is 32.1. The third-order valence-corrected chi connectivity index (χ3v) is 2.40. The lowest BCUT2D eigenvalue weighted by Gasteiger charge is -2.05. The molecule has 0 saturated heterocycles. The third kappa shape index (κ3) is 7.21. The summed E-state index contributed by atoms with van der Waals surface area (Å²) in [5, 5.41) is 7.99. The van der Waals surface area contributed by atoms with Crippen molar-refractivity contribution in [3.63, 3.8) is 0 Å². The van der Waals surface area contributed by atoms with Crippen molar-refractivity contribution in [2.45, 2.75) is 27.7 Å². The molecule has 0 aliphatic heterocycles. The smallest absolute Gasteiger partial charge is 0.279 e. The Morgan fingerprint density at radius 1 is 1.48 bits per heavy atom. The number of nitrogens with one attached hydrogen (secondary N) is 1. The molecule has 1 aromatic rings. The fraction of sp³-hybridized carbons (Fsp3) is 0.385. The summed E-state index contributed by atoms with van der Waals surface area (Å²) in [5.74, 6) is -0.734. The van der Waals surface area contributed by atoms with Crippen LogP contribution in [-0.2, 0) is 14.4 Å². The van der Waals surface area contributed by atoms with Crippen LogP contribution < -0.4 is 11.1 Å². The van der Waals surface area contributed by atoms with Gasteiger partial charge < -0.3 is 15.9 Å². The van der Waals surface area contributed by atoms with Crippen LogP contribution in [0, 0.1) is 0 Å². The van der Waals surface area contributed by atoms with Crippen molar-refractivity contribution >= 4 is 33.9 Å². The Morgan fingerprint density at radius 2 is 2.10 bits per heavy atom. The van der Waals surface area contributed by atoms with Crippen molar-refractivity contribution in [2.75, 3.05) is 12.3 Å². The van der Waals surface area contributed by atoms with Gasteiger partial charge in [0.15, 0.2) is 23.2 Å². The number of nitrogens with two attached hydrogens (primary N) is 1. The highest BCUT2D eigenvalue weighted by Crippen LogP contribution is 2.12. The van der Waals surface area contributed by atoms with Gasteiger partial charge in [0.25, 0.3) is 5.91 Å². The Balaban J connectivity index is 0.00000191. The number of hydrogen-bond donors (Lipinski definition) is 2. The normalized spacial score (nSPS) is 10.2. The second-order valence-electron chi connectivity index (χ2n) is 3.72. The first kappa shape index (κ1) is 18.8. The molecule has 0 atom stereocenters. The molecule has 0 unspecified atom stereocenters. The topological polar surface area (TPSA) is 107 Å². The predicted molar refractivity (Wildman–Crippen MR) is 84.0 cm³/mol. The largest absolute Gasteiger partial charge is 0.387 e. The highest BCUT2D eigenvalue weighted by Gasteiger charge is 2.18. The van der Waals surface area contributed by atoms with Crippen molar-refractivity contribution in [1.82, 2.24) is 10.3 Å². The first-order chi connectivity index (χ1) is 9.90. The fourth-order valence-electron chi connectivity index (χ4n) is 1.04. The highest BCUT2D eigenvalue weighted by molar-refractivity contribution is 7.13. The van der Waals surface area contributed by atoms with E-state index >= 15 is 0 Å². The van der Waals surface area contributed by atoms with Gasteiger partial charge in [0.2, 0.25) is 0 Å². The van der Waals surface area contributed by atoms with Gasteiger partial charge in [-0.3, -0.25) is 9.59 Å². The van der Waals surface area contributed by atoms with E-state index < -0.39 is 5.91 Å². The van der Waals surface area contributed by atoms with Crippen molar-refractivity contribution in [2.24, 2.45) is 5.16 Å². The van der Waals surface area contributed by atoms with Gasteiger partial charge >= 0.3 is 0 Å². The Labute approximate surface area is 127 Å². The van der Waals surface area contributed by atoms with E-state index in [1.54, 1.807) is 12.3 Å². The van der Waals surface area contributed by atoms with E-state index in [1.807, 2.05) is 13.8 Å². The standard InChI is InChI=1S/C11H14N4O3S.C2H6/c1-6(2)13-10(17)9(15-18-4-7(3)16)8-5-19-11(12)14-8;1-2/h5H,1,4H2,2-3H3,(H2,12,14)(H,13,17);1-2H3/b15-9-;. The molecule has 116 valence electrons. The molecule has 0 aliphatic carbocycles. The average Bonchev–Trinajstić information content (AvgIpc) is 2.82. The van der Waals surface area contributed by atoms with E-state index in [0.717, 1.165) is 0 Å². The van der Waals surface area contributed by atoms with Crippen LogP contribution in [0.15, 0.2) is 22.8 Å². The van der Waals surface area contributed by atoms with Gasteiger partial charge in [-0.05, 0) is 13.8 Å². The Bertz CT molecular complexity index is 537. The lowest BCUT2D eigenvalue weighted by Crippen LogP contribution is -2.30. The number of aromatic nitrogens is 1. The molecule has 0 radical (unpaired) electrons. The second kappa shape index (κ2) is 9.65. The maximum absolute atomic E-state index is 11.9. The first-order valence-corrected chi connectivity index (χ1v) is 7.15. The second-order valence-corrected chi connectivity index (χ2v) is 4.61. The number of nitrogen functional groups attached to an aromatic ring is 1. The number of thiazole rings is 1. The molecule has 0 fully saturated rings. The molecule has 21 heavy (non-hydrogen) atoms. The number of carbonyl (C=O) groups is 2. The summed E-state index contributed by atoms with van der Waals surface area (Å²) in [6.07, 6.45) is 0. The summed E-state index contributed by atoms with van der Waals surface area (Å²) >= 11 is 1.17. The first-order valence-electron chi connectivity index (χ1n) is 6.27. The molecule has 0 aliphatic rings. The van der Waals surface area contributed by atoms with Crippen LogP contribution >= 0.6 is 11.3 Å². The maximum Gasteiger partial charge on any atom is 0.279 e. The average molecular weight is 312 g/mol. The number of carbonyl (C=O) groups excluding carboxylic acids is 2. The van der Waals surface area contributed by atoms with E-state index in [9.17, 15) is 9.59 Å². The molecule has 8 heteroatoms. The molecule has 1 rings (SSSR count). The number of hydrogen-bond acceptors (Lipinski definition) is 7. The minimum Gasteiger partial charge on any atom is -0.387 e. The number of Topliss-reactive ketones (excluding diaryl/α,β-unsaturated/α-hetero) is 1. The molecule has 1 aromatic heterocycles. The van der Waals surface area contributed by atoms with E-state index in [4.69, 9.17) is 10.6 Å².